The van der Waals surface area contributed by atoms with Crippen molar-refractivity contribution in [2.45, 2.75) is 52.0 Å². The summed E-state index contributed by atoms with van der Waals surface area (Å²) in [4.78, 5) is 42.4. The van der Waals surface area contributed by atoms with E-state index in [1.165, 1.54) is 0 Å². The van der Waals surface area contributed by atoms with E-state index in [2.05, 4.69) is 36.4 Å². The first-order valence-corrected chi connectivity index (χ1v) is 10.6. The molecule has 2 aliphatic rings. The quantitative estimate of drug-likeness (QED) is 0.662. The van der Waals surface area contributed by atoms with Crippen LogP contribution in [0.1, 0.15) is 45.6 Å². The van der Waals surface area contributed by atoms with E-state index in [0.717, 1.165) is 27.8 Å². The highest BCUT2D eigenvalue weighted by atomic mass is 16.2. The molecule has 0 unspecified atom stereocenters. The highest BCUT2D eigenvalue weighted by Gasteiger charge is 2.56. The second kappa shape index (κ2) is 7.45. The fraction of sp³-hybridized carbons (Fsp3) is 0.522. The van der Waals surface area contributed by atoms with Gasteiger partial charge in [0.2, 0.25) is 5.91 Å². The highest BCUT2D eigenvalue weighted by Crippen LogP contribution is 2.46. The van der Waals surface area contributed by atoms with Crippen LogP contribution < -0.4 is 10.6 Å². The summed E-state index contributed by atoms with van der Waals surface area (Å²) in [5, 5.41) is 6.89. The number of fused-ring (bicyclic) bond motifs is 1. The Hall–Kier alpha value is -2.83. The molecule has 160 valence electrons. The van der Waals surface area contributed by atoms with Gasteiger partial charge in [-0.1, -0.05) is 39.0 Å². The lowest BCUT2D eigenvalue weighted by Crippen LogP contribution is -2.54. The number of hydrogen-bond donors (Lipinski definition) is 3. The van der Waals surface area contributed by atoms with Gasteiger partial charge in [0.15, 0.2) is 0 Å². The molecule has 1 saturated heterocycles. The number of urea groups is 1. The summed E-state index contributed by atoms with van der Waals surface area (Å²) in [6.07, 6.45) is 4.87. The monoisotopic (exact) mass is 410 g/mol. The molecule has 2 atom stereocenters. The molecule has 1 aliphatic carbocycles. The maximum Gasteiger partial charge on any atom is 0.325 e. The lowest BCUT2D eigenvalue weighted by atomic mass is 9.64. The summed E-state index contributed by atoms with van der Waals surface area (Å²) in [7, 11) is 0. The van der Waals surface area contributed by atoms with Crippen molar-refractivity contribution < 1.29 is 14.4 Å². The van der Waals surface area contributed by atoms with Crippen molar-refractivity contribution in [1.82, 2.24) is 20.5 Å². The van der Waals surface area contributed by atoms with Crippen molar-refractivity contribution in [2.75, 3.05) is 13.1 Å². The number of aromatic nitrogens is 1. The van der Waals surface area contributed by atoms with E-state index in [1.54, 1.807) is 0 Å². The third-order valence-electron chi connectivity index (χ3n) is 6.32. The smallest absolute Gasteiger partial charge is 0.325 e. The van der Waals surface area contributed by atoms with Crippen molar-refractivity contribution in [1.29, 1.82) is 0 Å². The third-order valence-corrected chi connectivity index (χ3v) is 6.32. The normalized spacial score (nSPS) is 25.7. The molecule has 1 aromatic heterocycles. The lowest BCUT2D eigenvalue weighted by molar-refractivity contribution is -0.137. The molecule has 4 amide bonds. The fourth-order valence-electron chi connectivity index (χ4n) is 5.52. The molecular formula is C23H30N4O3. The van der Waals surface area contributed by atoms with Gasteiger partial charge in [0, 0.05) is 23.6 Å². The zero-order valence-corrected chi connectivity index (χ0v) is 17.9. The molecule has 1 aliphatic heterocycles. The third kappa shape index (κ3) is 3.80. The first-order chi connectivity index (χ1) is 14.2. The maximum absolute atomic E-state index is 13.1. The van der Waals surface area contributed by atoms with Gasteiger partial charge in [-0.2, -0.15) is 0 Å². The molecule has 7 heteroatoms. The highest BCUT2D eigenvalue weighted by molar-refractivity contribution is 6.09. The Balaban J connectivity index is 1.35. The second-order valence-electron chi connectivity index (χ2n) is 9.72. The minimum Gasteiger partial charge on any atom is -0.361 e. The summed E-state index contributed by atoms with van der Waals surface area (Å²) in [6.45, 7) is 6.57. The predicted octanol–water partition coefficient (Wildman–Crippen LogP) is 2.96. The number of nitrogens with one attached hydrogen (secondary N) is 3. The van der Waals surface area contributed by atoms with E-state index < -0.39 is 11.6 Å². The Bertz CT molecular complexity index is 995. The molecule has 1 spiro atoms. The second-order valence-corrected chi connectivity index (χ2v) is 9.72. The van der Waals surface area contributed by atoms with Gasteiger partial charge in [0.1, 0.15) is 12.1 Å². The van der Waals surface area contributed by atoms with E-state index in [9.17, 15) is 14.4 Å². The summed E-state index contributed by atoms with van der Waals surface area (Å²) in [5.74, 6) is -0.250. The molecule has 0 bridgehead atoms. The van der Waals surface area contributed by atoms with Crippen LogP contribution in [0.3, 0.4) is 0 Å². The first-order valence-electron chi connectivity index (χ1n) is 10.6. The minimum absolute atomic E-state index is 0.0296. The predicted molar refractivity (Wildman–Crippen MR) is 115 cm³/mol. The van der Waals surface area contributed by atoms with Crippen LogP contribution in [0.15, 0.2) is 30.5 Å². The van der Waals surface area contributed by atoms with E-state index in [4.69, 9.17) is 0 Å². The van der Waals surface area contributed by atoms with Crippen LogP contribution in [-0.2, 0) is 16.0 Å². The topological polar surface area (TPSA) is 94.3 Å². The van der Waals surface area contributed by atoms with Gasteiger partial charge in [-0.3, -0.25) is 14.5 Å². The average Bonchev–Trinajstić information content (AvgIpc) is 3.15. The van der Waals surface area contributed by atoms with Crippen LogP contribution in [0, 0.1) is 11.3 Å². The van der Waals surface area contributed by atoms with Gasteiger partial charge >= 0.3 is 6.03 Å². The first kappa shape index (κ1) is 20.4. The van der Waals surface area contributed by atoms with Gasteiger partial charge in [-0.05, 0) is 48.6 Å². The molecule has 1 aromatic carbocycles. The summed E-state index contributed by atoms with van der Waals surface area (Å²) in [6, 6.07) is 7.56. The van der Waals surface area contributed by atoms with Crippen LogP contribution in [0.4, 0.5) is 4.79 Å². The summed E-state index contributed by atoms with van der Waals surface area (Å²) in [5.41, 5.74) is 1.28. The SMILES string of the molecule is C[C@H]1CC(C)(C)C[C@@]2(C1)NC(=O)N(CC(=O)NCCc1c[nH]c3ccccc13)C2=O. The molecule has 2 heterocycles. The number of hydrogen-bond acceptors (Lipinski definition) is 3. The maximum atomic E-state index is 13.1. The van der Waals surface area contributed by atoms with Crippen LogP contribution in [-0.4, -0.2) is 46.4 Å². The number of rotatable bonds is 5. The number of carbonyl (C=O) groups is 3. The van der Waals surface area contributed by atoms with Crippen LogP contribution >= 0.6 is 0 Å². The van der Waals surface area contributed by atoms with Gasteiger partial charge in [0.25, 0.3) is 5.91 Å². The fourth-order valence-corrected chi connectivity index (χ4v) is 5.52. The van der Waals surface area contributed by atoms with Crippen LogP contribution in [0.5, 0.6) is 0 Å². The number of para-hydroxylation sites is 1. The number of H-pyrrole nitrogens is 1. The van der Waals surface area contributed by atoms with E-state index in [1.807, 2.05) is 30.5 Å². The van der Waals surface area contributed by atoms with Gasteiger partial charge < -0.3 is 15.6 Å². The van der Waals surface area contributed by atoms with Gasteiger partial charge in [0.05, 0.1) is 0 Å². The molecule has 2 aromatic rings. The number of imide groups is 1. The standard InChI is InChI=1S/C23H30N4O3/c1-15-10-22(2,3)14-23(11-15)20(29)27(21(30)26-23)13-19(28)24-9-8-16-12-25-18-7-5-4-6-17(16)18/h4-7,12,15,25H,8-11,13-14H2,1-3H3,(H,24,28)(H,26,30)/t15-,23+/m0/s1. The van der Waals surface area contributed by atoms with Crippen LogP contribution in [0.25, 0.3) is 10.9 Å². The molecule has 0 radical (unpaired) electrons. The van der Waals surface area contributed by atoms with E-state index in [0.29, 0.717) is 31.7 Å². The Morgan fingerprint density at radius 3 is 2.77 bits per heavy atom. The number of nitrogens with zero attached hydrogens (tertiary/aromatic N) is 1. The summed E-state index contributed by atoms with van der Waals surface area (Å²) >= 11 is 0. The average molecular weight is 411 g/mol. The Morgan fingerprint density at radius 2 is 2.00 bits per heavy atom. The van der Waals surface area contributed by atoms with Crippen molar-refractivity contribution in [3.8, 4) is 0 Å². The number of benzene rings is 1. The van der Waals surface area contributed by atoms with Crippen molar-refractivity contribution >= 4 is 28.7 Å². The molecule has 3 N–H and O–H groups in total. The Kier molecular flexibility index (Phi) is 5.08. The van der Waals surface area contributed by atoms with Crippen LogP contribution in [0.2, 0.25) is 0 Å². The molecule has 2 fully saturated rings. The van der Waals surface area contributed by atoms with Crippen molar-refractivity contribution in [3.05, 3.63) is 36.0 Å². The molecule has 4 rings (SSSR count). The van der Waals surface area contributed by atoms with Gasteiger partial charge in [-0.15, -0.1) is 0 Å². The molecule has 1 saturated carbocycles. The number of aromatic amines is 1. The number of carbonyl (C=O) groups excluding carboxylic acids is 3. The molecule has 30 heavy (non-hydrogen) atoms. The van der Waals surface area contributed by atoms with Gasteiger partial charge in [-0.25, -0.2) is 4.79 Å². The largest absolute Gasteiger partial charge is 0.361 e. The van der Waals surface area contributed by atoms with Crippen molar-refractivity contribution in [3.63, 3.8) is 0 Å². The van der Waals surface area contributed by atoms with Crippen molar-refractivity contribution in [2.24, 2.45) is 11.3 Å². The Morgan fingerprint density at radius 1 is 1.23 bits per heavy atom. The van der Waals surface area contributed by atoms with E-state index >= 15 is 0 Å². The zero-order chi connectivity index (χ0) is 21.5. The zero-order valence-electron chi connectivity index (χ0n) is 17.9. The Labute approximate surface area is 176 Å². The molecule has 7 nitrogen and oxygen atoms in total. The van der Waals surface area contributed by atoms with E-state index in [-0.39, 0.29) is 23.8 Å². The molecular weight excluding hydrogens is 380 g/mol. The minimum atomic E-state index is -0.872. The number of amides is 4. The lowest BCUT2D eigenvalue weighted by Gasteiger charge is -2.43. The summed E-state index contributed by atoms with van der Waals surface area (Å²) < 4.78 is 0.